The minimum Gasteiger partial charge on any atom is -0.390 e. The SMILES string of the molecule is CC1=COS(=O)(=O)C1. The molecule has 0 aliphatic carbocycles. The molecule has 1 aliphatic rings. The molecule has 0 unspecified atom stereocenters. The van der Waals surface area contributed by atoms with Crippen LogP contribution < -0.4 is 0 Å². The number of hydrogen-bond donors (Lipinski definition) is 0. The van der Waals surface area contributed by atoms with E-state index in [9.17, 15) is 8.42 Å². The Labute approximate surface area is 48.1 Å². The normalized spacial score (nSPS) is 24.4. The van der Waals surface area contributed by atoms with Gasteiger partial charge in [-0.1, -0.05) is 0 Å². The maximum atomic E-state index is 10.4. The van der Waals surface area contributed by atoms with E-state index in [2.05, 4.69) is 4.18 Å². The second kappa shape index (κ2) is 1.48. The quantitative estimate of drug-likeness (QED) is 0.446. The molecule has 8 heavy (non-hydrogen) atoms. The minimum absolute atomic E-state index is 0.0486. The van der Waals surface area contributed by atoms with Crippen molar-refractivity contribution in [1.82, 2.24) is 0 Å². The molecule has 0 aromatic carbocycles. The summed E-state index contributed by atoms with van der Waals surface area (Å²) in [5.74, 6) is 0.0486. The van der Waals surface area contributed by atoms with Gasteiger partial charge in [0, 0.05) is 0 Å². The lowest BCUT2D eigenvalue weighted by Crippen LogP contribution is -1.99. The first-order valence-corrected chi connectivity index (χ1v) is 3.74. The van der Waals surface area contributed by atoms with Crippen LogP contribution in [0, 0.1) is 0 Å². The smallest absolute Gasteiger partial charge is 0.312 e. The van der Waals surface area contributed by atoms with E-state index in [0.29, 0.717) is 0 Å². The molecular weight excluding hydrogens is 128 g/mol. The number of hydrogen-bond acceptors (Lipinski definition) is 3. The summed E-state index contributed by atoms with van der Waals surface area (Å²) in [6.07, 6.45) is 1.26. The van der Waals surface area contributed by atoms with Crippen LogP contribution in [-0.2, 0) is 14.3 Å². The van der Waals surface area contributed by atoms with Gasteiger partial charge in [-0.05, 0) is 12.5 Å². The van der Waals surface area contributed by atoms with E-state index in [-0.39, 0.29) is 5.75 Å². The maximum Gasteiger partial charge on any atom is 0.312 e. The van der Waals surface area contributed by atoms with Gasteiger partial charge in [-0.2, -0.15) is 8.42 Å². The van der Waals surface area contributed by atoms with Gasteiger partial charge in [0.25, 0.3) is 0 Å². The van der Waals surface area contributed by atoms with Crippen molar-refractivity contribution in [2.75, 3.05) is 5.75 Å². The summed E-state index contributed by atoms with van der Waals surface area (Å²) in [6.45, 7) is 1.71. The molecular formula is C4H6O3S. The molecule has 0 saturated carbocycles. The van der Waals surface area contributed by atoms with Crippen molar-refractivity contribution in [1.29, 1.82) is 0 Å². The van der Waals surface area contributed by atoms with E-state index in [0.717, 1.165) is 5.57 Å². The molecule has 4 heteroatoms. The molecule has 0 amide bonds. The lowest BCUT2D eigenvalue weighted by Gasteiger charge is -1.86. The van der Waals surface area contributed by atoms with Crippen LogP contribution in [0.25, 0.3) is 0 Å². The summed E-state index contributed by atoms with van der Waals surface area (Å²) in [7, 11) is -3.19. The van der Waals surface area contributed by atoms with Gasteiger partial charge in [0.2, 0.25) is 0 Å². The lowest BCUT2D eigenvalue weighted by molar-refractivity contribution is 0.457. The van der Waals surface area contributed by atoms with E-state index < -0.39 is 10.1 Å². The highest BCUT2D eigenvalue weighted by Crippen LogP contribution is 2.10. The molecule has 0 aromatic heterocycles. The zero-order valence-corrected chi connectivity index (χ0v) is 5.23. The Morgan fingerprint density at radius 3 is 2.50 bits per heavy atom. The zero-order chi connectivity index (χ0) is 6.20. The minimum atomic E-state index is -3.19. The monoisotopic (exact) mass is 134 g/mol. The third kappa shape index (κ3) is 1.01. The van der Waals surface area contributed by atoms with Crippen LogP contribution in [0.3, 0.4) is 0 Å². The van der Waals surface area contributed by atoms with Crippen molar-refractivity contribution in [2.45, 2.75) is 6.92 Å². The molecule has 0 radical (unpaired) electrons. The molecule has 0 N–H and O–H groups in total. The average molecular weight is 134 g/mol. The Hall–Kier alpha value is -0.510. The average Bonchev–Trinajstić information content (AvgIpc) is 1.82. The van der Waals surface area contributed by atoms with Crippen LogP contribution >= 0.6 is 0 Å². The molecule has 1 rings (SSSR count). The van der Waals surface area contributed by atoms with Gasteiger partial charge in [-0.3, -0.25) is 0 Å². The van der Waals surface area contributed by atoms with E-state index in [4.69, 9.17) is 0 Å². The van der Waals surface area contributed by atoms with Gasteiger partial charge >= 0.3 is 10.1 Å². The zero-order valence-electron chi connectivity index (χ0n) is 4.42. The van der Waals surface area contributed by atoms with Crippen LogP contribution in [0.2, 0.25) is 0 Å². The Kier molecular flexibility index (Phi) is 1.04. The highest BCUT2D eigenvalue weighted by Gasteiger charge is 2.17. The Bertz CT molecular complexity index is 211. The van der Waals surface area contributed by atoms with Crippen molar-refractivity contribution in [3.63, 3.8) is 0 Å². The molecule has 0 atom stereocenters. The van der Waals surface area contributed by atoms with E-state index >= 15 is 0 Å². The van der Waals surface area contributed by atoms with Crippen LogP contribution in [0.1, 0.15) is 6.92 Å². The molecule has 1 heterocycles. The van der Waals surface area contributed by atoms with Crippen LogP contribution in [0.5, 0.6) is 0 Å². The molecule has 3 nitrogen and oxygen atoms in total. The first-order valence-electron chi connectivity index (χ1n) is 2.17. The molecule has 0 bridgehead atoms. The molecule has 0 spiro atoms. The summed E-state index contributed by atoms with van der Waals surface area (Å²) in [6, 6.07) is 0. The van der Waals surface area contributed by atoms with Gasteiger partial charge in [0.1, 0.15) is 12.0 Å². The first kappa shape index (κ1) is 5.62. The lowest BCUT2D eigenvalue weighted by atomic mass is 10.4. The summed E-state index contributed by atoms with van der Waals surface area (Å²) in [5.41, 5.74) is 0.755. The van der Waals surface area contributed by atoms with Crippen molar-refractivity contribution >= 4 is 10.1 Å². The standard InChI is InChI=1S/C4H6O3S/c1-4-2-7-8(5,6)3-4/h2H,3H2,1H3. The highest BCUT2D eigenvalue weighted by molar-refractivity contribution is 7.87. The van der Waals surface area contributed by atoms with Crippen LogP contribution in [0.15, 0.2) is 11.8 Å². The Morgan fingerprint density at radius 1 is 1.75 bits per heavy atom. The third-order valence-electron chi connectivity index (χ3n) is 0.800. The fourth-order valence-electron chi connectivity index (χ4n) is 0.502. The molecule has 0 aromatic rings. The summed E-state index contributed by atoms with van der Waals surface area (Å²) in [5, 5.41) is 0. The van der Waals surface area contributed by atoms with Crippen molar-refractivity contribution < 1.29 is 12.6 Å². The molecule has 0 saturated heterocycles. The van der Waals surface area contributed by atoms with E-state index in [1.807, 2.05) is 0 Å². The second-order valence-corrected chi connectivity index (χ2v) is 3.36. The van der Waals surface area contributed by atoms with Crippen LogP contribution in [0.4, 0.5) is 0 Å². The van der Waals surface area contributed by atoms with Crippen molar-refractivity contribution in [2.24, 2.45) is 0 Å². The van der Waals surface area contributed by atoms with Gasteiger partial charge in [0.15, 0.2) is 0 Å². The third-order valence-corrected chi connectivity index (χ3v) is 2.00. The number of rotatable bonds is 0. The Morgan fingerprint density at radius 2 is 2.38 bits per heavy atom. The van der Waals surface area contributed by atoms with E-state index in [1.54, 1.807) is 6.92 Å². The fraction of sp³-hybridized carbons (Fsp3) is 0.500. The molecule has 46 valence electrons. The highest BCUT2D eigenvalue weighted by atomic mass is 32.2. The topological polar surface area (TPSA) is 43.4 Å². The summed E-state index contributed by atoms with van der Waals surface area (Å²) < 4.78 is 25.0. The fourth-order valence-corrected chi connectivity index (χ4v) is 1.51. The van der Waals surface area contributed by atoms with Gasteiger partial charge in [-0.15, -0.1) is 0 Å². The van der Waals surface area contributed by atoms with Crippen molar-refractivity contribution in [3.05, 3.63) is 11.8 Å². The van der Waals surface area contributed by atoms with Crippen molar-refractivity contribution in [3.8, 4) is 0 Å². The van der Waals surface area contributed by atoms with E-state index in [1.165, 1.54) is 6.26 Å². The second-order valence-electron chi connectivity index (χ2n) is 1.76. The van der Waals surface area contributed by atoms with Gasteiger partial charge in [-0.25, -0.2) is 0 Å². The molecule has 1 aliphatic heterocycles. The maximum absolute atomic E-state index is 10.4. The first-order chi connectivity index (χ1) is 3.60. The largest absolute Gasteiger partial charge is 0.390 e. The summed E-state index contributed by atoms with van der Waals surface area (Å²) in [4.78, 5) is 0. The van der Waals surface area contributed by atoms with Crippen LogP contribution in [-0.4, -0.2) is 14.2 Å². The van der Waals surface area contributed by atoms with Gasteiger partial charge in [0.05, 0.1) is 0 Å². The summed E-state index contributed by atoms with van der Waals surface area (Å²) >= 11 is 0. The molecule has 0 fully saturated rings. The Balaban J connectivity index is 2.85. The predicted molar refractivity (Wildman–Crippen MR) is 28.6 cm³/mol. The predicted octanol–water partition coefficient (Wildman–Crippen LogP) is 0.250. The van der Waals surface area contributed by atoms with Gasteiger partial charge < -0.3 is 4.18 Å².